The lowest BCUT2D eigenvalue weighted by Crippen LogP contribution is -2.26. The molecule has 1 aromatic carbocycles. The van der Waals surface area contributed by atoms with Gasteiger partial charge in [0.25, 0.3) is 0 Å². The molecule has 0 amide bonds. The number of carbonyl (C=O) groups excluding carboxylic acids is 2. The van der Waals surface area contributed by atoms with E-state index in [0.717, 1.165) is 5.57 Å². The van der Waals surface area contributed by atoms with Crippen LogP contribution < -0.4 is 9.47 Å². The molecular formula is C18H20O5. The lowest BCUT2D eigenvalue weighted by molar-refractivity contribution is 0.0943. The molecule has 0 saturated carbocycles. The molecule has 1 aliphatic rings. The zero-order valence-corrected chi connectivity index (χ0v) is 13.7. The topological polar surface area (TPSA) is 72.8 Å². The van der Waals surface area contributed by atoms with Crippen molar-refractivity contribution in [2.45, 2.75) is 26.4 Å². The molecule has 5 heteroatoms. The minimum absolute atomic E-state index is 0.0755. The largest absolute Gasteiger partial charge is 0.496 e. The number of carbonyl (C=O) groups is 2. The van der Waals surface area contributed by atoms with Gasteiger partial charge in [0.15, 0.2) is 11.6 Å². The molecule has 1 unspecified atom stereocenters. The number of aliphatic hydroxyl groups is 1. The van der Waals surface area contributed by atoms with Crippen molar-refractivity contribution in [3.05, 3.63) is 46.6 Å². The second kappa shape index (κ2) is 6.79. The first-order chi connectivity index (χ1) is 10.9. The number of ketones is 2. The van der Waals surface area contributed by atoms with Gasteiger partial charge in [0.1, 0.15) is 11.5 Å². The van der Waals surface area contributed by atoms with Gasteiger partial charge in [0.2, 0.25) is 0 Å². The summed E-state index contributed by atoms with van der Waals surface area (Å²) in [5.41, 5.74) is 1.42. The number of aliphatic hydroxyl groups excluding tert-OH is 1. The molecule has 122 valence electrons. The normalized spacial score (nSPS) is 14.7. The van der Waals surface area contributed by atoms with E-state index < -0.39 is 11.9 Å². The van der Waals surface area contributed by atoms with Crippen LogP contribution in [0.2, 0.25) is 0 Å². The molecule has 1 aromatic rings. The van der Waals surface area contributed by atoms with Crippen LogP contribution in [0.4, 0.5) is 0 Å². The SMILES string of the molecule is COc1ccc(OC)c2c1C(=O)C=C(C(O)CC=C(C)C)C2=O. The van der Waals surface area contributed by atoms with E-state index in [4.69, 9.17) is 9.47 Å². The van der Waals surface area contributed by atoms with Crippen LogP contribution >= 0.6 is 0 Å². The molecule has 0 aromatic heterocycles. The van der Waals surface area contributed by atoms with Crippen molar-refractivity contribution >= 4 is 11.6 Å². The summed E-state index contributed by atoms with van der Waals surface area (Å²) >= 11 is 0. The number of Topliss-reactive ketones (excluding diaryl/α,β-unsaturated/α-hetero) is 1. The smallest absolute Gasteiger partial charge is 0.196 e. The Morgan fingerprint density at radius 2 is 1.70 bits per heavy atom. The third-order valence-corrected chi connectivity index (χ3v) is 3.70. The van der Waals surface area contributed by atoms with Crippen LogP contribution in [0.25, 0.3) is 0 Å². The second-order valence-corrected chi connectivity index (χ2v) is 5.55. The van der Waals surface area contributed by atoms with Gasteiger partial charge in [-0.05, 0) is 38.5 Å². The molecule has 0 heterocycles. The van der Waals surface area contributed by atoms with Gasteiger partial charge in [-0.25, -0.2) is 0 Å². The highest BCUT2D eigenvalue weighted by atomic mass is 16.5. The first-order valence-electron chi connectivity index (χ1n) is 7.27. The first kappa shape index (κ1) is 17.0. The summed E-state index contributed by atoms with van der Waals surface area (Å²) < 4.78 is 10.4. The molecule has 0 radical (unpaired) electrons. The Bertz CT molecular complexity index is 708. The zero-order valence-electron chi connectivity index (χ0n) is 13.7. The lowest BCUT2D eigenvalue weighted by Gasteiger charge is -2.22. The van der Waals surface area contributed by atoms with E-state index in [2.05, 4.69) is 0 Å². The molecule has 0 saturated heterocycles. The van der Waals surface area contributed by atoms with E-state index in [0.29, 0.717) is 11.5 Å². The maximum absolute atomic E-state index is 12.8. The monoisotopic (exact) mass is 316 g/mol. The number of hydrogen-bond acceptors (Lipinski definition) is 5. The Morgan fingerprint density at radius 1 is 1.13 bits per heavy atom. The number of fused-ring (bicyclic) bond motifs is 1. The Hall–Kier alpha value is -2.40. The minimum atomic E-state index is -1.04. The fourth-order valence-corrected chi connectivity index (χ4v) is 2.52. The van der Waals surface area contributed by atoms with Crippen molar-refractivity contribution in [2.24, 2.45) is 0 Å². The molecular weight excluding hydrogens is 296 g/mol. The van der Waals surface area contributed by atoms with Crippen LogP contribution in [0.5, 0.6) is 11.5 Å². The van der Waals surface area contributed by atoms with Crippen molar-refractivity contribution in [1.82, 2.24) is 0 Å². The molecule has 0 fully saturated rings. The molecule has 5 nitrogen and oxygen atoms in total. The van der Waals surface area contributed by atoms with Gasteiger partial charge < -0.3 is 14.6 Å². The van der Waals surface area contributed by atoms with Gasteiger partial charge in [0.05, 0.1) is 31.5 Å². The zero-order chi connectivity index (χ0) is 17.1. The maximum Gasteiger partial charge on any atom is 0.196 e. The predicted molar refractivity (Wildman–Crippen MR) is 86.3 cm³/mol. The van der Waals surface area contributed by atoms with Gasteiger partial charge >= 0.3 is 0 Å². The van der Waals surface area contributed by atoms with E-state index >= 15 is 0 Å². The Morgan fingerprint density at radius 3 is 2.22 bits per heavy atom. The molecule has 0 bridgehead atoms. The summed E-state index contributed by atoms with van der Waals surface area (Å²) in [5, 5.41) is 10.3. The van der Waals surface area contributed by atoms with Gasteiger partial charge in [-0.2, -0.15) is 0 Å². The fraction of sp³-hybridized carbons (Fsp3) is 0.333. The van der Waals surface area contributed by atoms with Gasteiger partial charge in [-0.15, -0.1) is 0 Å². The Kier molecular flexibility index (Phi) is 5.01. The highest BCUT2D eigenvalue weighted by Gasteiger charge is 2.34. The van der Waals surface area contributed by atoms with E-state index in [9.17, 15) is 14.7 Å². The van der Waals surface area contributed by atoms with Crippen LogP contribution in [0.1, 0.15) is 41.0 Å². The summed E-state index contributed by atoms with van der Waals surface area (Å²) in [6.07, 6.45) is 2.25. The first-order valence-corrected chi connectivity index (χ1v) is 7.27. The van der Waals surface area contributed by atoms with Crippen LogP contribution in [-0.2, 0) is 0 Å². The summed E-state index contributed by atoms with van der Waals surface area (Å²) in [6.45, 7) is 3.80. The molecule has 0 aliphatic heterocycles. The van der Waals surface area contributed by atoms with Crippen molar-refractivity contribution < 1.29 is 24.2 Å². The van der Waals surface area contributed by atoms with Gasteiger partial charge in [-0.3, -0.25) is 9.59 Å². The van der Waals surface area contributed by atoms with Crippen molar-refractivity contribution in [2.75, 3.05) is 14.2 Å². The molecule has 1 atom stereocenters. The number of methoxy groups -OCH3 is 2. The predicted octanol–water partition coefficient (Wildman–Crippen LogP) is 2.73. The number of rotatable bonds is 5. The van der Waals surface area contributed by atoms with Crippen LogP contribution in [0.3, 0.4) is 0 Å². The molecule has 2 rings (SSSR count). The second-order valence-electron chi connectivity index (χ2n) is 5.55. The summed E-state index contributed by atoms with van der Waals surface area (Å²) in [4.78, 5) is 25.2. The Labute approximate surface area is 135 Å². The Balaban J connectivity index is 2.52. The van der Waals surface area contributed by atoms with Crippen LogP contribution in [-0.4, -0.2) is 37.0 Å². The minimum Gasteiger partial charge on any atom is -0.496 e. The molecule has 23 heavy (non-hydrogen) atoms. The summed E-state index contributed by atoms with van der Waals surface area (Å²) in [6, 6.07) is 3.16. The van der Waals surface area contributed by atoms with E-state index in [1.807, 2.05) is 19.9 Å². The quantitative estimate of drug-likeness (QED) is 0.846. The van der Waals surface area contributed by atoms with Gasteiger partial charge in [-0.1, -0.05) is 11.6 Å². The summed E-state index contributed by atoms with van der Waals surface area (Å²) in [5.74, 6) is -0.181. The van der Waals surface area contributed by atoms with Crippen LogP contribution in [0.15, 0.2) is 35.4 Å². The fourth-order valence-electron chi connectivity index (χ4n) is 2.52. The summed E-state index contributed by atoms with van der Waals surface area (Å²) in [7, 11) is 2.86. The van der Waals surface area contributed by atoms with Crippen molar-refractivity contribution in [3.63, 3.8) is 0 Å². The highest BCUT2D eigenvalue weighted by molar-refractivity contribution is 6.27. The molecule has 1 N–H and O–H groups in total. The highest BCUT2D eigenvalue weighted by Crippen LogP contribution is 2.36. The average molecular weight is 316 g/mol. The van der Waals surface area contributed by atoms with Crippen molar-refractivity contribution in [1.29, 1.82) is 0 Å². The maximum atomic E-state index is 12.8. The lowest BCUT2D eigenvalue weighted by atomic mass is 9.85. The van der Waals surface area contributed by atoms with E-state index in [1.165, 1.54) is 20.3 Å². The van der Waals surface area contributed by atoms with Crippen LogP contribution in [0, 0.1) is 0 Å². The third-order valence-electron chi connectivity index (χ3n) is 3.70. The van der Waals surface area contributed by atoms with E-state index in [-0.39, 0.29) is 28.9 Å². The standard InChI is InChI=1S/C18H20O5/c1-10(2)5-6-12(19)11-9-13(20)16-14(22-3)7-8-15(23-4)17(16)18(11)21/h5,7-9,12,19H,6H2,1-4H3. The average Bonchev–Trinajstić information content (AvgIpc) is 2.54. The number of hydrogen-bond donors (Lipinski definition) is 1. The van der Waals surface area contributed by atoms with Crippen molar-refractivity contribution in [3.8, 4) is 11.5 Å². The van der Waals surface area contributed by atoms with Gasteiger partial charge in [0, 0.05) is 5.57 Å². The number of ether oxygens (including phenoxy) is 2. The third kappa shape index (κ3) is 3.19. The number of allylic oxidation sites excluding steroid dienone is 2. The van der Waals surface area contributed by atoms with E-state index in [1.54, 1.807) is 12.1 Å². The molecule has 1 aliphatic carbocycles. The number of benzene rings is 1. The molecule has 0 spiro atoms.